The number of hydrogen-bond donors (Lipinski definition) is 1. The first-order chi connectivity index (χ1) is 9.10. The van der Waals surface area contributed by atoms with Gasteiger partial charge in [0.1, 0.15) is 18.0 Å². The zero-order valence-electron chi connectivity index (χ0n) is 12.7. The Labute approximate surface area is 116 Å². The van der Waals surface area contributed by atoms with Crippen molar-refractivity contribution in [1.82, 2.24) is 9.97 Å². The summed E-state index contributed by atoms with van der Waals surface area (Å²) < 4.78 is 5.59. The molecule has 0 amide bonds. The van der Waals surface area contributed by atoms with Gasteiger partial charge in [0.25, 0.3) is 0 Å². The van der Waals surface area contributed by atoms with Gasteiger partial charge >= 0.3 is 0 Å². The minimum atomic E-state index is 0.266. The second kappa shape index (κ2) is 7.94. The first-order valence-electron chi connectivity index (χ1n) is 6.94. The summed E-state index contributed by atoms with van der Waals surface area (Å²) in [6, 6.07) is 0. The molecule has 108 valence electrons. The summed E-state index contributed by atoms with van der Waals surface area (Å²) in [5.74, 6) is 1.91. The Morgan fingerprint density at radius 2 is 2.11 bits per heavy atom. The van der Waals surface area contributed by atoms with Gasteiger partial charge in [0.05, 0.1) is 12.7 Å². The van der Waals surface area contributed by atoms with Crippen LogP contribution in [0.1, 0.15) is 32.8 Å². The molecule has 0 aliphatic carbocycles. The van der Waals surface area contributed by atoms with Crippen molar-refractivity contribution in [3.05, 3.63) is 11.9 Å². The molecule has 0 radical (unpaired) electrons. The molecular formula is C14H26N4O. The molecule has 0 saturated heterocycles. The smallest absolute Gasteiger partial charge is 0.137 e. The van der Waals surface area contributed by atoms with Crippen molar-refractivity contribution in [2.45, 2.75) is 39.7 Å². The summed E-state index contributed by atoms with van der Waals surface area (Å²) in [6.07, 6.45) is 3.93. The van der Waals surface area contributed by atoms with E-state index in [1.54, 1.807) is 6.33 Å². The zero-order valence-corrected chi connectivity index (χ0v) is 12.7. The third-order valence-electron chi connectivity index (χ3n) is 2.90. The summed E-state index contributed by atoms with van der Waals surface area (Å²) >= 11 is 0. The molecule has 1 aromatic rings. The molecular weight excluding hydrogens is 240 g/mol. The fourth-order valence-corrected chi connectivity index (χ4v) is 1.96. The molecule has 0 atom stereocenters. The molecule has 1 heterocycles. The van der Waals surface area contributed by atoms with Crippen LogP contribution in [0.15, 0.2) is 6.33 Å². The van der Waals surface area contributed by atoms with Crippen LogP contribution in [0.25, 0.3) is 0 Å². The average Bonchev–Trinajstić information content (AvgIpc) is 2.38. The van der Waals surface area contributed by atoms with E-state index in [2.05, 4.69) is 27.1 Å². The highest BCUT2D eigenvalue weighted by Gasteiger charge is 2.13. The van der Waals surface area contributed by atoms with E-state index < -0.39 is 0 Å². The van der Waals surface area contributed by atoms with Crippen LogP contribution in [0, 0.1) is 0 Å². The third-order valence-corrected chi connectivity index (χ3v) is 2.90. The minimum Gasteiger partial charge on any atom is -0.377 e. The number of nitrogens with zero attached hydrogens (tertiary/aromatic N) is 3. The van der Waals surface area contributed by atoms with Gasteiger partial charge in [0, 0.05) is 26.2 Å². The van der Waals surface area contributed by atoms with Crippen molar-refractivity contribution >= 4 is 11.6 Å². The normalized spacial score (nSPS) is 10.8. The standard InChI is InChI=1S/C14H26N4O/c1-6-7-12-13(15-4)16-10-17-14(12)18(5)8-9-19-11(2)3/h10-11H,6-9H2,1-5H3,(H,15,16,17). The van der Waals surface area contributed by atoms with Gasteiger partial charge in [-0.3, -0.25) is 0 Å². The van der Waals surface area contributed by atoms with E-state index >= 15 is 0 Å². The second-order valence-electron chi connectivity index (χ2n) is 4.87. The average molecular weight is 266 g/mol. The highest BCUT2D eigenvalue weighted by molar-refractivity contribution is 5.58. The van der Waals surface area contributed by atoms with Crippen LogP contribution in [0.3, 0.4) is 0 Å². The van der Waals surface area contributed by atoms with E-state index in [9.17, 15) is 0 Å². The molecule has 0 aliphatic heterocycles. The number of hydrogen-bond acceptors (Lipinski definition) is 5. The molecule has 5 nitrogen and oxygen atoms in total. The first-order valence-corrected chi connectivity index (χ1v) is 6.94. The maximum atomic E-state index is 5.59. The predicted molar refractivity (Wildman–Crippen MR) is 79.9 cm³/mol. The van der Waals surface area contributed by atoms with Gasteiger partial charge in [0.15, 0.2) is 0 Å². The Morgan fingerprint density at radius 3 is 2.68 bits per heavy atom. The van der Waals surface area contributed by atoms with Crippen LogP contribution >= 0.6 is 0 Å². The van der Waals surface area contributed by atoms with Crippen molar-refractivity contribution in [1.29, 1.82) is 0 Å². The van der Waals surface area contributed by atoms with Gasteiger partial charge in [-0.25, -0.2) is 9.97 Å². The van der Waals surface area contributed by atoms with Crippen LogP contribution < -0.4 is 10.2 Å². The van der Waals surface area contributed by atoms with Crippen molar-refractivity contribution in [3.63, 3.8) is 0 Å². The van der Waals surface area contributed by atoms with Crippen molar-refractivity contribution < 1.29 is 4.74 Å². The SMILES string of the molecule is CCCc1c(NC)ncnc1N(C)CCOC(C)C. The fraction of sp³-hybridized carbons (Fsp3) is 0.714. The Balaban J connectivity index is 2.79. The Kier molecular flexibility index (Phi) is 6.56. The van der Waals surface area contributed by atoms with Crippen LogP contribution in [-0.2, 0) is 11.2 Å². The van der Waals surface area contributed by atoms with Gasteiger partial charge in [-0.15, -0.1) is 0 Å². The van der Waals surface area contributed by atoms with Crippen LogP contribution in [0.5, 0.6) is 0 Å². The van der Waals surface area contributed by atoms with Crippen molar-refractivity contribution in [3.8, 4) is 0 Å². The number of rotatable bonds is 8. The van der Waals surface area contributed by atoms with Gasteiger partial charge in [-0.1, -0.05) is 13.3 Å². The molecule has 0 aliphatic rings. The fourth-order valence-electron chi connectivity index (χ4n) is 1.96. The Hall–Kier alpha value is -1.36. The molecule has 0 bridgehead atoms. The van der Waals surface area contributed by atoms with Gasteiger partial charge in [0.2, 0.25) is 0 Å². The molecule has 0 saturated carbocycles. The molecule has 0 spiro atoms. The quantitative estimate of drug-likeness (QED) is 0.782. The zero-order chi connectivity index (χ0) is 14.3. The molecule has 0 fully saturated rings. The highest BCUT2D eigenvalue weighted by Crippen LogP contribution is 2.23. The topological polar surface area (TPSA) is 50.3 Å². The number of aromatic nitrogens is 2. The van der Waals surface area contributed by atoms with E-state index in [1.165, 1.54) is 5.56 Å². The van der Waals surface area contributed by atoms with E-state index in [1.807, 2.05) is 27.9 Å². The van der Waals surface area contributed by atoms with Crippen LogP contribution in [-0.4, -0.2) is 43.3 Å². The van der Waals surface area contributed by atoms with Crippen LogP contribution in [0.4, 0.5) is 11.6 Å². The van der Waals surface area contributed by atoms with E-state index in [0.717, 1.165) is 31.0 Å². The maximum absolute atomic E-state index is 5.59. The molecule has 0 unspecified atom stereocenters. The van der Waals surface area contributed by atoms with E-state index in [0.29, 0.717) is 6.61 Å². The molecule has 19 heavy (non-hydrogen) atoms. The number of nitrogens with one attached hydrogen (secondary N) is 1. The molecule has 0 aromatic carbocycles. The van der Waals surface area contributed by atoms with Gasteiger partial charge in [-0.2, -0.15) is 0 Å². The Bertz CT molecular complexity index is 382. The first kappa shape index (κ1) is 15.7. The summed E-state index contributed by atoms with van der Waals surface area (Å²) in [7, 11) is 3.94. The predicted octanol–water partition coefficient (Wildman–Crippen LogP) is 2.33. The van der Waals surface area contributed by atoms with Crippen molar-refractivity contribution in [2.24, 2.45) is 0 Å². The lowest BCUT2D eigenvalue weighted by atomic mass is 10.1. The second-order valence-corrected chi connectivity index (χ2v) is 4.87. The number of likely N-dealkylation sites (N-methyl/N-ethyl adjacent to an activating group) is 1. The minimum absolute atomic E-state index is 0.266. The third kappa shape index (κ3) is 4.67. The van der Waals surface area contributed by atoms with Gasteiger partial charge < -0.3 is 15.0 Å². The van der Waals surface area contributed by atoms with Crippen molar-refractivity contribution in [2.75, 3.05) is 37.5 Å². The monoisotopic (exact) mass is 266 g/mol. The lowest BCUT2D eigenvalue weighted by Crippen LogP contribution is -2.26. The van der Waals surface area contributed by atoms with Crippen LogP contribution in [0.2, 0.25) is 0 Å². The summed E-state index contributed by atoms with van der Waals surface area (Å²) in [5.41, 5.74) is 1.18. The summed E-state index contributed by atoms with van der Waals surface area (Å²) in [4.78, 5) is 10.8. The molecule has 1 N–H and O–H groups in total. The lowest BCUT2D eigenvalue weighted by molar-refractivity contribution is 0.0845. The summed E-state index contributed by atoms with van der Waals surface area (Å²) in [5, 5.41) is 3.14. The molecule has 1 rings (SSSR count). The Morgan fingerprint density at radius 1 is 1.37 bits per heavy atom. The highest BCUT2D eigenvalue weighted by atomic mass is 16.5. The maximum Gasteiger partial charge on any atom is 0.137 e. The molecule has 5 heteroatoms. The summed E-state index contributed by atoms with van der Waals surface area (Å²) in [6.45, 7) is 7.80. The number of ether oxygens (including phenoxy) is 1. The number of anilines is 2. The van der Waals surface area contributed by atoms with E-state index in [4.69, 9.17) is 4.74 Å². The van der Waals surface area contributed by atoms with E-state index in [-0.39, 0.29) is 6.10 Å². The largest absolute Gasteiger partial charge is 0.377 e. The lowest BCUT2D eigenvalue weighted by Gasteiger charge is -2.22. The van der Waals surface area contributed by atoms with Gasteiger partial charge in [-0.05, 0) is 20.3 Å². The molecule has 1 aromatic heterocycles.